The van der Waals surface area contributed by atoms with E-state index in [0.29, 0.717) is 21.6 Å². The number of halogens is 1. The van der Waals surface area contributed by atoms with Crippen molar-refractivity contribution in [3.63, 3.8) is 0 Å². The molecule has 0 saturated carbocycles. The van der Waals surface area contributed by atoms with E-state index in [9.17, 15) is 19.2 Å². The molecule has 0 aliphatic rings. The third-order valence-corrected chi connectivity index (χ3v) is 5.75. The van der Waals surface area contributed by atoms with Gasteiger partial charge < -0.3 is 21.1 Å². The molecule has 192 valence electrons. The highest BCUT2D eigenvalue weighted by Gasteiger charge is 2.24. The largest absolute Gasteiger partial charge is 0.460 e. The van der Waals surface area contributed by atoms with Crippen molar-refractivity contribution in [2.24, 2.45) is 5.73 Å². The van der Waals surface area contributed by atoms with Crippen LogP contribution in [-0.2, 0) is 20.9 Å². The van der Waals surface area contributed by atoms with Crippen LogP contribution in [0.4, 0.5) is 10.5 Å². The molecule has 0 fully saturated rings. The third-order valence-electron chi connectivity index (χ3n) is 5.34. The topological polar surface area (TPSA) is 148 Å². The molecule has 3 aromatic rings. The van der Waals surface area contributed by atoms with Crippen LogP contribution in [0.15, 0.2) is 41.2 Å². The van der Waals surface area contributed by atoms with Crippen LogP contribution < -0.4 is 21.9 Å². The molecule has 2 aromatic carbocycles. The summed E-state index contributed by atoms with van der Waals surface area (Å²) in [6.45, 7) is 7.28. The number of rotatable bonds is 8. The summed E-state index contributed by atoms with van der Waals surface area (Å²) < 4.78 is 6.40. The van der Waals surface area contributed by atoms with Gasteiger partial charge in [0.1, 0.15) is 11.6 Å². The number of aromatic amines is 1. The zero-order valence-corrected chi connectivity index (χ0v) is 21.4. The fraction of sp³-hybridized carbons (Fsp3) is 0.360. The van der Waals surface area contributed by atoms with Crippen LogP contribution in [0, 0.1) is 6.92 Å². The molecule has 5 N–H and O–H groups in total. The summed E-state index contributed by atoms with van der Waals surface area (Å²) in [6.07, 6.45) is -0.0717. The summed E-state index contributed by atoms with van der Waals surface area (Å²) >= 11 is 6.09. The number of esters is 1. The second kappa shape index (κ2) is 10.9. The van der Waals surface area contributed by atoms with Gasteiger partial charge in [0.15, 0.2) is 0 Å². The van der Waals surface area contributed by atoms with Gasteiger partial charge in [-0.3, -0.25) is 19.5 Å². The zero-order chi connectivity index (χ0) is 26.6. The summed E-state index contributed by atoms with van der Waals surface area (Å²) in [5, 5.41) is 9.25. The summed E-state index contributed by atoms with van der Waals surface area (Å²) in [7, 11) is 0. The van der Waals surface area contributed by atoms with E-state index in [-0.39, 0.29) is 19.4 Å². The first-order chi connectivity index (χ1) is 16.8. The zero-order valence-electron chi connectivity index (χ0n) is 20.6. The minimum atomic E-state index is -1.05. The molecule has 3 amide bonds. The van der Waals surface area contributed by atoms with Crippen LogP contribution in [0.3, 0.4) is 0 Å². The van der Waals surface area contributed by atoms with Crippen molar-refractivity contribution in [1.29, 1.82) is 0 Å². The first-order valence-electron chi connectivity index (χ1n) is 11.4. The van der Waals surface area contributed by atoms with Gasteiger partial charge in [0.05, 0.1) is 10.9 Å². The number of H-pyrrole nitrogens is 1. The lowest BCUT2D eigenvalue weighted by Gasteiger charge is -2.20. The smallest absolute Gasteiger partial charge is 0.319 e. The number of nitrogens with two attached hydrogens (primary N) is 1. The molecule has 3 rings (SSSR count). The van der Waals surface area contributed by atoms with Crippen molar-refractivity contribution >= 4 is 46.1 Å². The van der Waals surface area contributed by atoms with Gasteiger partial charge >= 0.3 is 12.0 Å². The van der Waals surface area contributed by atoms with Gasteiger partial charge in [-0.15, -0.1) is 0 Å². The Hall–Kier alpha value is -3.79. The Bertz CT molecular complexity index is 1360. The molecule has 1 heterocycles. The summed E-state index contributed by atoms with van der Waals surface area (Å²) in [4.78, 5) is 49.3. The first kappa shape index (κ1) is 26.8. The van der Waals surface area contributed by atoms with Gasteiger partial charge in [0, 0.05) is 23.7 Å². The van der Waals surface area contributed by atoms with Gasteiger partial charge in [-0.25, -0.2) is 9.48 Å². The Labute approximate surface area is 213 Å². The Morgan fingerprint density at radius 2 is 1.89 bits per heavy atom. The van der Waals surface area contributed by atoms with E-state index in [4.69, 9.17) is 22.1 Å². The molecule has 36 heavy (non-hydrogen) atoms. The van der Waals surface area contributed by atoms with E-state index in [1.54, 1.807) is 57.2 Å². The second-order valence-corrected chi connectivity index (χ2v) is 9.89. The van der Waals surface area contributed by atoms with E-state index < -0.39 is 35.1 Å². The van der Waals surface area contributed by atoms with Crippen molar-refractivity contribution in [1.82, 2.24) is 15.1 Å². The van der Waals surface area contributed by atoms with E-state index >= 15 is 0 Å². The number of carbonyl (C=O) groups is 3. The first-order valence-corrected chi connectivity index (χ1v) is 11.8. The molecule has 0 aliphatic heterocycles. The molecule has 11 heteroatoms. The highest BCUT2D eigenvalue weighted by molar-refractivity contribution is 6.31. The van der Waals surface area contributed by atoms with Crippen molar-refractivity contribution in [3.8, 4) is 0 Å². The molecule has 1 aromatic heterocycles. The van der Waals surface area contributed by atoms with E-state index in [0.717, 1.165) is 15.8 Å². The number of ether oxygens (including phenoxy) is 1. The Morgan fingerprint density at radius 3 is 2.53 bits per heavy atom. The van der Waals surface area contributed by atoms with Crippen LogP contribution in [0.1, 0.15) is 50.8 Å². The number of carbonyl (C=O) groups excluding carboxylic acids is 3. The number of urea groups is 1. The maximum absolute atomic E-state index is 12.9. The predicted octanol–water partition coefficient (Wildman–Crippen LogP) is 3.76. The molecule has 10 nitrogen and oxygen atoms in total. The van der Waals surface area contributed by atoms with Crippen LogP contribution in [-0.4, -0.2) is 33.3 Å². The maximum Gasteiger partial charge on any atom is 0.319 e. The van der Waals surface area contributed by atoms with Crippen LogP contribution >= 0.6 is 11.6 Å². The summed E-state index contributed by atoms with van der Waals surface area (Å²) in [5.41, 5.74) is 7.08. The molecule has 0 bridgehead atoms. The standard InChI is InChI=1S/C25H30ClN5O5/c1-14-5-7-16(12-18(14)26)29-24(35)28-13-15-6-8-17-19(11-15)30-31(23(17)34)20(22(27)33)9-10-21(32)36-25(2,3)4/h5-8,11-12,20,30H,9-10,13H2,1-4H3,(H2,27,33)(H2,28,29,35). The van der Waals surface area contributed by atoms with E-state index in [1.807, 2.05) is 6.92 Å². The monoisotopic (exact) mass is 515 g/mol. The lowest BCUT2D eigenvalue weighted by atomic mass is 10.1. The fourth-order valence-corrected chi connectivity index (χ4v) is 3.76. The molecule has 1 atom stereocenters. The molecular formula is C25H30ClN5O5. The lowest BCUT2D eigenvalue weighted by molar-refractivity contribution is -0.155. The number of hydrogen-bond acceptors (Lipinski definition) is 5. The number of hydrogen-bond donors (Lipinski definition) is 4. The number of fused-ring (bicyclic) bond motifs is 1. The van der Waals surface area contributed by atoms with Crippen LogP contribution in [0.2, 0.25) is 5.02 Å². The minimum Gasteiger partial charge on any atom is -0.460 e. The second-order valence-electron chi connectivity index (χ2n) is 9.48. The van der Waals surface area contributed by atoms with Crippen molar-refractivity contribution < 1.29 is 19.1 Å². The average Bonchev–Trinajstić information content (AvgIpc) is 3.09. The number of amides is 3. The highest BCUT2D eigenvalue weighted by atomic mass is 35.5. The molecule has 1 unspecified atom stereocenters. The van der Waals surface area contributed by atoms with Crippen molar-refractivity contribution in [3.05, 3.63) is 62.9 Å². The highest BCUT2D eigenvalue weighted by Crippen LogP contribution is 2.20. The summed E-state index contributed by atoms with van der Waals surface area (Å²) in [6, 6.07) is 8.74. The van der Waals surface area contributed by atoms with Crippen molar-refractivity contribution in [2.45, 2.75) is 58.7 Å². The Morgan fingerprint density at radius 1 is 1.17 bits per heavy atom. The van der Waals surface area contributed by atoms with Gasteiger partial charge in [-0.05, 0) is 69.5 Å². The molecule has 0 radical (unpaired) electrons. The normalized spacial score (nSPS) is 12.2. The number of benzene rings is 2. The fourth-order valence-electron chi connectivity index (χ4n) is 3.58. The number of nitrogens with zero attached hydrogens (tertiary/aromatic N) is 1. The Kier molecular flexibility index (Phi) is 8.09. The van der Waals surface area contributed by atoms with Crippen molar-refractivity contribution in [2.75, 3.05) is 5.32 Å². The molecule has 0 spiro atoms. The minimum absolute atomic E-state index is 0.00852. The van der Waals surface area contributed by atoms with Crippen LogP contribution in [0.5, 0.6) is 0 Å². The van der Waals surface area contributed by atoms with Gasteiger partial charge in [-0.2, -0.15) is 0 Å². The average molecular weight is 516 g/mol. The number of nitrogens with one attached hydrogen (secondary N) is 3. The Balaban J connectivity index is 1.70. The van der Waals surface area contributed by atoms with Gasteiger partial charge in [0.25, 0.3) is 5.56 Å². The number of aryl methyl sites for hydroxylation is 1. The van der Waals surface area contributed by atoms with E-state index in [1.165, 1.54) is 0 Å². The number of anilines is 1. The lowest BCUT2D eigenvalue weighted by Crippen LogP contribution is -2.34. The molecular weight excluding hydrogens is 486 g/mol. The van der Waals surface area contributed by atoms with Gasteiger partial charge in [0.2, 0.25) is 5.91 Å². The van der Waals surface area contributed by atoms with Crippen LogP contribution in [0.25, 0.3) is 10.9 Å². The number of primary amides is 1. The quantitative estimate of drug-likeness (QED) is 0.337. The summed E-state index contributed by atoms with van der Waals surface area (Å²) in [5.74, 6) is -1.24. The van der Waals surface area contributed by atoms with E-state index in [2.05, 4.69) is 15.7 Å². The molecule has 0 saturated heterocycles. The predicted molar refractivity (Wildman–Crippen MR) is 138 cm³/mol. The SMILES string of the molecule is Cc1ccc(NC(=O)NCc2ccc3c(=O)n(C(CCC(=O)OC(C)(C)C)C(N)=O)[nH]c3c2)cc1Cl. The van der Waals surface area contributed by atoms with Gasteiger partial charge in [-0.1, -0.05) is 23.7 Å². The molecule has 0 aliphatic carbocycles. The maximum atomic E-state index is 12.9. The number of aromatic nitrogens is 2. The third kappa shape index (κ3) is 6.88.